The molecule has 0 spiro atoms. The number of carbonyl (C=O) groups excluding carboxylic acids is 2. The van der Waals surface area contributed by atoms with E-state index in [1.54, 1.807) is 12.4 Å². The van der Waals surface area contributed by atoms with E-state index in [9.17, 15) is 19.1 Å². The topological polar surface area (TPSA) is 109 Å². The molecule has 0 aliphatic carbocycles. The number of hydrogen-bond acceptors (Lipinski definition) is 6. The Hall–Kier alpha value is -2.69. The number of halogens is 2. The van der Waals surface area contributed by atoms with E-state index in [0.29, 0.717) is 11.3 Å². The molecular weight excluding hydrogens is 429 g/mol. The molecule has 0 saturated carbocycles. The average molecular weight is 452 g/mol. The van der Waals surface area contributed by atoms with Crippen molar-refractivity contribution in [2.45, 2.75) is 37.6 Å². The first-order valence-electron chi connectivity index (χ1n) is 10.0. The van der Waals surface area contributed by atoms with Crippen molar-refractivity contribution < 1.29 is 23.8 Å². The number of carbonyl (C=O) groups is 2. The fraction of sp³-hybridized carbons (Fsp3) is 0.450. The molecule has 11 heteroatoms. The van der Waals surface area contributed by atoms with Gasteiger partial charge in [-0.15, -0.1) is 0 Å². The lowest BCUT2D eigenvalue weighted by Gasteiger charge is -2.23. The molecule has 1 aromatic carbocycles. The van der Waals surface area contributed by atoms with Crippen LogP contribution >= 0.6 is 11.6 Å². The Kier molecular flexibility index (Phi) is 6.12. The lowest BCUT2D eigenvalue weighted by molar-refractivity contribution is -0.175. The van der Waals surface area contributed by atoms with E-state index in [-0.39, 0.29) is 30.6 Å². The van der Waals surface area contributed by atoms with Crippen LogP contribution in [-0.2, 0) is 16.1 Å². The molecule has 31 heavy (non-hydrogen) atoms. The summed E-state index contributed by atoms with van der Waals surface area (Å²) in [7, 11) is 0. The monoisotopic (exact) mass is 451 g/mol. The quantitative estimate of drug-likeness (QED) is 0.600. The van der Waals surface area contributed by atoms with E-state index in [0.717, 1.165) is 32.0 Å². The molecule has 166 valence electrons. The van der Waals surface area contributed by atoms with Crippen LogP contribution in [0.2, 0.25) is 5.02 Å². The van der Waals surface area contributed by atoms with E-state index in [2.05, 4.69) is 15.7 Å². The summed E-state index contributed by atoms with van der Waals surface area (Å²) in [4.78, 5) is 26.3. The van der Waals surface area contributed by atoms with Gasteiger partial charge in [-0.25, -0.2) is 9.18 Å². The minimum atomic E-state index is -2.28. The van der Waals surface area contributed by atoms with Crippen LogP contribution in [0.3, 0.4) is 0 Å². The number of ether oxygens (including phenoxy) is 1. The van der Waals surface area contributed by atoms with Crippen LogP contribution in [0.25, 0.3) is 0 Å². The number of rotatable bonds is 5. The third kappa shape index (κ3) is 4.81. The van der Waals surface area contributed by atoms with Crippen molar-refractivity contribution in [2.75, 3.05) is 24.5 Å². The molecule has 2 aliphatic rings. The highest BCUT2D eigenvalue weighted by Gasteiger charge is 2.50. The van der Waals surface area contributed by atoms with Crippen molar-refractivity contribution in [3.63, 3.8) is 0 Å². The third-order valence-electron chi connectivity index (χ3n) is 5.46. The number of anilines is 1. The van der Waals surface area contributed by atoms with E-state index >= 15 is 0 Å². The molecular formula is C20H23ClFN5O4. The summed E-state index contributed by atoms with van der Waals surface area (Å²) in [5, 5.41) is 20.8. The molecule has 1 aromatic heterocycles. The maximum absolute atomic E-state index is 13.4. The van der Waals surface area contributed by atoms with Gasteiger partial charge in [-0.1, -0.05) is 11.6 Å². The van der Waals surface area contributed by atoms with Gasteiger partial charge in [-0.3, -0.25) is 9.48 Å². The van der Waals surface area contributed by atoms with Crippen LogP contribution in [0.5, 0.6) is 0 Å². The summed E-state index contributed by atoms with van der Waals surface area (Å²) >= 11 is 5.79. The lowest BCUT2D eigenvalue weighted by Crippen LogP contribution is -2.46. The molecule has 2 aliphatic heterocycles. The second-order valence-corrected chi connectivity index (χ2v) is 8.11. The van der Waals surface area contributed by atoms with Crippen molar-refractivity contribution >= 4 is 29.3 Å². The maximum atomic E-state index is 13.4. The smallest absolute Gasteiger partial charge is 0.407 e. The Morgan fingerprint density at radius 3 is 2.90 bits per heavy atom. The molecule has 0 bridgehead atoms. The van der Waals surface area contributed by atoms with E-state index in [1.165, 1.54) is 17.0 Å². The number of nitrogens with one attached hydrogen (secondary N) is 2. The molecule has 1 unspecified atom stereocenters. The van der Waals surface area contributed by atoms with Gasteiger partial charge in [0.1, 0.15) is 5.82 Å². The Labute approximate surface area is 183 Å². The number of hydrogen-bond donors (Lipinski definition) is 3. The molecule has 3 heterocycles. The predicted octanol–water partition coefficient (Wildman–Crippen LogP) is 1.95. The molecule has 2 saturated heterocycles. The predicted molar refractivity (Wildman–Crippen MR) is 110 cm³/mol. The van der Waals surface area contributed by atoms with Gasteiger partial charge >= 0.3 is 6.09 Å². The zero-order chi connectivity index (χ0) is 22.0. The van der Waals surface area contributed by atoms with Gasteiger partial charge in [-0.2, -0.15) is 5.10 Å². The fourth-order valence-corrected chi connectivity index (χ4v) is 4.08. The van der Waals surface area contributed by atoms with Crippen molar-refractivity contribution in [2.24, 2.45) is 0 Å². The van der Waals surface area contributed by atoms with Crippen LogP contribution in [0, 0.1) is 5.82 Å². The van der Waals surface area contributed by atoms with Crippen LogP contribution in [-0.4, -0.2) is 52.3 Å². The summed E-state index contributed by atoms with van der Waals surface area (Å²) in [6.45, 7) is 1.92. The Bertz CT molecular complexity index is 960. The molecule has 3 N–H and O–H groups in total. The van der Waals surface area contributed by atoms with Gasteiger partial charge in [0.25, 0.3) is 11.7 Å². The first kappa shape index (κ1) is 21.5. The van der Waals surface area contributed by atoms with Crippen LogP contribution < -0.4 is 15.5 Å². The first-order chi connectivity index (χ1) is 14.8. The molecule has 2 aromatic rings. The van der Waals surface area contributed by atoms with Crippen molar-refractivity contribution in [3.05, 3.63) is 47.0 Å². The normalized spacial score (nSPS) is 22.0. The second-order valence-electron chi connectivity index (χ2n) is 7.67. The molecule has 2 amide bonds. The number of nitrogens with zero attached hydrogens (tertiary/aromatic N) is 3. The minimum absolute atomic E-state index is 0.0761. The first-order valence-corrected chi connectivity index (χ1v) is 10.4. The second kappa shape index (κ2) is 8.81. The van der Waals surface area contributed by atoms with Crippen LogP contribution in [0.1, 0.15) is 30.9 Å². The number of alkyl carbamates (subject to hydrolysis) is 1. The summed E-state index contributed by atoms with van der Waals surface area (Å²) in [6, 6.07) is 4.10. The summed E-state index contributed by atoms with van der Waals surface area (Å²) < 4.78 is 20.2. The zero-order valence-electron chi connectivity index (χ0n) is 16.7. The summed E-state index contributed by atoms with van der Waals surface area (Å²) in [5.41, 5.74) is 0.955. The SMILES string of the molecule is O=C(NCc1cc(F)cc(Cl)c1)OC1(O)CCN(c2cnn(C3CCNCC3)c2)C1=O. The van der Waals surface area contributed by atoms with Gasteiger partial charge in [-0.05, 0) is 49.7 Å². The Morgan fingerprint density at radius 2 is 2.16 bits per heavy atom. The van der Waals surface area contributed by atoms with Crippen LogP contribution in [0.4, 0.5) is 14.9 Å². The number of benzene rings is 1. The fourth-order valence-electron chi connectivity index (χ4n) is 3.84. The van der Waals surface area contributed by atoms with Crippen molar-refractivity contribution in [3.8, 4) is 0 Å². The standard InChI is InChI=1S/C20H23ClFN5O4/c21-14-7-13(8-15(22)9-14)10-24-19(29)31-20(30)3-6-26(18(20)28)17-11-25-27(12-17)16-1-4-23-5-2-16/h7-9,11-12,16,23,30H,1-6,10H2,(H,24,29). The van der Waals surface area contributed by atoms with Gasteiger partial charge in [0.05, 0.1) is 17.9 Å². The molecule has 0 radical (unpaired) electrons. The highest BCUT2D eigenvalue weighted by molar-refractivity contribution is 6.30. The van der Waals surface area contributed by atoms with Crippen molar-refractivity contribution in [1.82, 2.24) is 20.4 Å². The van der Waals surface area contributed by atoms with Gasteiger partial charge in [0.2, 0.25) is 0 Å². The summed E-state index contributed by atoms with van der Waals surface area (Å²) in [5.74, 6) is -3.55. The number of aliphatic hydroxyl groups is 1. The Morgan fingerprint density at radius 1 is 1.39 bits per heavy atom. The number of piperidine rings is 1. The van der Waals surface area contributed by atoms with E-state index < -0.39 is 23.6 Å². The third-order valence-corrected chi connectivity index (χ3v) is 5.67. The molecule has 9 nitrogen and oxygen atoms in total. The molecule has 4 rings (SSSR count). The average Bonchev–Trinajstić information content (AvgIpc) is 3.32. The summed E-state index contributed by atoms with van der Waals surface area (Å²) in [6.07, 6.45) is 4.15. The zero-order valence-corrected chi connectivity index (χ0v) is 17.4. The largest absolute Gasteiger partial charge is 0.410 e. The molecule has 2 fully saturated rings. The van der Waals surface area contributed by atoms with Crippen LogP contribution in [0.15, 0.2) is 30.6 Å². The van der Waals surface area contributed by atoms with Gasteiger partial charge < -0.3 is 25.4 Å². The molecule has 1 atom stereocenters. The number of amides is 2. The van der Waals surface area contributed by atoms with Gasteiger partial charge in [0, 0.05) is 30.7 Å². The maximum Gasteiger partial charge on any atom is 0.410 e. The minimum Gasteiger partial charge on any atom is -0.407 e. The van der Waals surface area contributed by atoms with E-state index in [1.807, 2.05) is 4.68 Å². The van der Waals surface area contributed by atoms with Gasteiger partial charge in [0.15, 0.2) is 0 Å². The highest BCUT2D eigenvalue weighted by Crippen LogP contribution is 2.30. The Balaban J connectivity index is 1.36. The highest BCUT2D eigenvalue weighted by atomic mass is 35.5. The number of aromatic nitrogens is 2. The van der Waals surface area contributed by atoms with Crippen molar-refractivity contribution in [1.29, 1.82) is 0 Å². The lowest BCUT2D eigenvalue weighted by atomic mass is 10.1. The van der Waals surface area contributed by atoms with E-state index in [4.69, 9.17) is 16.3 Å².